The van der Waals surface area contributed by atoms with Crippen LogP contribution < -0.4 is 10.6 Å². The maximum Gasteiger partial charge on any atom is 0.251 e. The van der Waals surface area contributed by atoms with Gasteiger partial charge in [0.05, 0.1) is 0 Å². The van der Waals surface area contributed by atoms with Crippen LogP contribution in [0.15, 0.2) is 48.5 Å². The Labute approximate surface area is 138 Å². The van der Waals surface area contributed by atoms with Gasteiger partial charge in [-0.15, -0.1) is 0 Å². The number of nitrogens with one attached hydrogen (secondary N) is 2. The zero-order valence-corrected chi connectivity index (χ0v) is 13.3. The molecule has 0 saturated heterocycles. The van der Waals surface area contributed by atoms with Gasteiger partial charge in [0.25, 0.3) is 5.91 Å². The molecule has 114 valence electrons. The second-order valence-corrected chi connectivity index (χ2v) is 5.50. The number of carbonyl (C=O) groups excluding carboxylic acids is 2. The van der Waals surface area contributed by atoms with Crippen LogP contribution in [0.1, 0.15) is 18.5 Å². The van der Waals surface area contributed by atoms with Crippen LogP contribution in [0, 0.1) is 0 Å². The highest BCUT2D eigenvalue weighted by molar-refractivity contribution is 6.32. The lowest BCUT2D eigenvalue weighted by atomic mass is 10.1. The molecule has 0 aliphatic carbocycles. The van der Waals surface area contributed by atoms with E-state index in [-0.39, 0.29) is 5.91 Å². The van der Waals surface area contributed by atoms with E-state index in [1.165, 1.54) is 6.92 Å². The average molecular weight is 337 g/mol. The molecule has 2 amide bonds. The van der Waals surface area contributed by atoms with E-state index in [2.05, 4.69) is 10.6 Å². The summed E-state index contributed by atoms with van der Waals surface area (Å²) in [5, 5.41) is 6.23. The van der Waals surface area contributed by atoms with Gasteiger partial charge in [0, 0.05) is 28.2 Å². The molecular formula is C16H14Cl2N2O2. The molecule has 0 heterocycles. The van der Waals surface area contributed by atoms with Crippen LogP contribution in [0.3, 0.4) is 0 Å². The molecule has 22 heavy (non-hydrogen) atoms. The second kappa shape index (κ2) is 7.29. The first kappa shape index (κ1) is 16.3. The molecule has 0 bridgehead atoms. The molecule has 2 rings (SSSR count). The van der Waals surface area contributed by atoms with Gasteiger partial charge in [-0.2, -0.15) is 0 Å². The van der Waals surface area contributed by atoms with E-state index in [0.29, 0.717) is 21.3 Å². The van der Waals surface area contributed by atoms with E-state index >= 15 is 0 Å². The van der Waals surface area contributed by atoms with E-state index in [9.17, 15) is 9.59 Å². The van der Waals surface area contributed by atoms with Crippen molar-refractivity contribution >= 4 is 40.7 Å². The predicted octanol–water partition coefficient (Wildman–Crippen LogP) is 3.81. The van der Waals surface area contributed by atoms with Gasteiger partial charge in [-0.25, -0.2) is 0 Å². The van der Waals surface area contributed by atoms with E-state index in [4.69, 9.17) is 23.2 Å². The van der Waals surface area contributed by atoms with E-state index in [1.54, 1.807) is 48.5 Å². The van der Waals surface area contributed by atoms with Crippen molar-refractivity contribution < 1.29 is 9.59 Å². The third-order valence-corrected chi connectivity index (χ3v) is 3.50. The van der Waals surface area contributed by atoms with Crippen LogP contribution in [0.2, 0.25) is 10.0 Å². The number of rotatable bonds is 4. The van der Waals surface area contributed by atoms with Crippen LogP contribution in [-0.2, 0) is 9.59 Å². The van der Waals surface area contributed by atoms with Gasteiger partial charge >= 0.3 is 0 Å². The van der Waals surface area contributed by atoms with E-state index in [1.807, 2.05) is 0 Å². The summed E-state index contributed by atoms with van der Waals surface area (Å²) in [6, 6.07) is 12.7. The molecule has 0 saturated carbocycles. The normalized spacial score (nSPS) is 11.6. The Bertz CT molecular complexity index is 704. The molecule has 2 N–H and O–H groups in total. The fourth-order valence-electron chi connectivity index (χ4n) is 1.98. The third kappa shape index (κ3) is 4.23. The predicted molar refractivity (Wildman–Crippen MR) is 88.1 cm³/mol. The van der Waals surface area contributed by atoms with Crippen LogP contribution in [0.5, 0.6) is 0 Å². The molecule has 0 radical (unpaired) electrons. The van der Waals surface area contributed by atoms with E-state index < -0.39 is 11.9 Å². The summed E-state index contributed by atoms with van der Waals surface area (Å²) in [6.07, 6.45) is 0. The lowest BCUT2D eigenvalue weighted by Crippen LogP contribution is -2.35. The Morgan fingerprint density at radius 2 is 1.77 bits per heavy atom. The Morgan fingerprint density at radius 3 is 2.41 bits per heavy atom. The van der Waals surface area contributed by atoms with Gasteiger partial charge < -0.3 is 10.6 Å². The highest BCUT2D eigenvalue weighted by Crippen LogP contribution is 2.24. The highest BCUT2D eigenvalue weighted by atomic mass is 35.5. The zero-order chi connectivity index (χ0) is 16.1. The summed E-state index contributed by atoms with van der Waals surface area (Å²) in [6.45, 7) is 1.34. The fourth-order valence-corrected chi connectivity index (χ4v) is 2.41. The minimum absolute atomic E-state index is 0.328. The standard InChI is InChI=1S/C16H14Cl2N2O2/c1-10(21)19-15(13-7-2-3-8-14(13)18)16(22)20-12-6-4-5-11(17)9-12/h2-9,15H,1H3,(H,19,21)(H,20,22)/t15-/m0/s1. The molecule has 0 spiro atoms. The van der Waals surface area contributed by atoms with Crippen molar-refractivity contribution in [2.24, 2.45) is 0 Å². The van der Waals surface area contributed by atoms with Crippen molar-refractivity contribution in [3.63, 3.8) is 0 Å². The first-order chi connectivity index (χ1) is 10.5. The summed E-state index contributed by atoms with van der Waals surface area (Å²) < 4.78 is 0. The van der Waals surface area contributed by atoms with Crippen LogP contribution in [-0.4, -0.2) is 11.8 Å². The number of benzene rings is 2. The van der Waals surface area contributed by atoms with Crippen LogP contribution in [0.4, 0.5) is 5.69 Å². The van der Waals surface area contributed by atoms with Crippen molar-refractivity contribution in [2.45, 2.75) is 13.0 Å². The van der Waals surface area contributed by atoms with Crippen molar-refractivity contribution in [1.82, 2.24) is 5.32 Å². The minimum Gasteiger partial charge on any atom is -0.341 e. The molecule has 1 atom stereocenters. The number of anilines is 1. The quantitative estimate of drug-likeness (QED) is 0.891. The van der Waals surface area contributed by atoms with Crippen LogP contribution >= 0.6 is 23.2 Å². The van der Waals surface area contributed by atoms with Gasteiger partial charge in [0.2, 0.25) is 5.91 Å². The Balaban J connectivity index is 2.27. The van der Waals surface area contributed by atoms with Crippen molar-refractivity contribution in [2.75, 3.05) is 5.32 Å². The summed E-state index contributed by atoms with van der Waals surface area (Å²) in [5.41, 5.74) is 1.07. The minimum atomic E-state index is -0.884. The molecule has 6 heteroatoms. The molecule has 0 aliphatic heterocycles. The maximum atomic E-state index is 12.5. The summed E-state index contributed by atoms with van der Waals surface area (Å²) >= 11 is 12.0. The lowest BCUT2D eigenvalue weighted by Gasteiger charge is -2.19. The number of hydrogen-bond acceptors (Lipinski definition) is 2. The highest BCUT2D eigenvalue weighted by Gasteiger charge is 2.23. The Hall–Kier alpha value is -2.04. The maximum absolute atomic E-state index is 12.5. The number of hydrogen-bond donors (Lipinski definition) is 2. The molecule has 0 fully saturated rings. The largest absolute Gasteiger partial charge is 0.341 e. The smallest absolute Gasteiger partial charge is 0.251 e. The number of halogens is 2. The van der Waals surface area contributed by atoms with Gasteiger partial charge in [-0.05, 0) is 24.3 Å². The number of amides is 2. The Morgan fingerprint density at radius 1 is 1.05 bits per heavy atom. The molecular weight excluding hydrogens is 323 g/mol. The molecule has 0 aromatic heterocycles. The molecule has 4 nitrogen and oxygen atoms in total. The van der Waals surface area contributed by atoms with Gasteiger partial charge in [0.15, 0.2) is 0 Å². The summed E-state index contributed by atoms with van der Waals surface area (Å²) in [5.74, 6) is -0.725. The topological polar surface area (TPSA) is 58.2 Å². The second-order valence-electron chi connectivity index (χ2n) is 4.65. The van der Waals surface area contributed by atoms with Crippen LogP contribution in [0.25, 0.3) is 0 Å². The Kier molecular flexibility index (Phi) is 5.41. The van der Waals surface area contributed by atoms with Crippen molar-refractivity contribution in [3.8, 4) is 0 Å². The molecule has 2 aromatic rings. The molecule has 0 unspecified atom stereocenters. The van der Waals surface area contributed by atoms with Gasteiger partial charge in [0.1, 0.15) is 6.04 Å². The lowest BCUT2D eigenvalue weighted by molar-refractivity contribution is -0.125. The van der Waals surface area contributed by atoms with Gasteiger partial charge in [-0.1, -0.05) is 47.5 Å². The zero-order valence-electron chi connectivity index (χ0n) is 11.8. The average Bonchev–Trinajstić information content (AvgIpc) is 2.45. The van der Waals surface area contributed by atoms with E-state index in [0.717, 1.165) is 0 Å². The van der Waals surface area contributed by atoms with Crippen molar-refractivity contribution in [1.29, 1.82) is 0 Å². The number of carbonyl (C=O) groups is 2. The summed E-state index contributed by atoms with van der Waals surface area (Å²) in [4.78, 5) is 23.9. The van der Waals surface area contributed by atoms with Crippen molar-refractivity contribution in [3.05, 3.63) is 64.1 Å². The third-order valence-electron chi connectivity index (χ3n) is 2.92. The summed E-state index contributed by atoms with van der Waals surface area (Å²) in [7, 11) is 0. The molecule has 2 aromatic carbocycles. The SMILES string of the molecule is CC(=O)N[C@H](C(=O)Nc1cccc(Cl)c1)c1ccccc1Cl. The first-order valence-corrected chi connectivity index (χ1v) is 7.31. The fraction of sp³-hybridized carbons (Fsp3) is 0.125. The van der Waals surface area contributed by atoms with Gasteiger partial charge in [-0.3, -0.25) is 9.59 Å². The monoisotopic (exact) mass is 336 g/mol. The molecule has 0 aliphatic rings. The first-order valence-electron chi connectivity index (χ1n) is 6.55.